The molecule has 2 aromatic heterocycles. The number of fused-ring (bicyclic) bond motifs is 6. The quantitative estimate of drug-likeness (QED) is 0.128. The van der Waals surface area contributed by atoms with Crippen LogP contribution in [-0.4, -0.2) is 27.6 Å². The first-order valence-electron chi connectivity index (χ1n) is 27.3. The third-order valence-electron chi connectivity index (χ3n) is 16.2. The SMILES string of the molecule is c1ccc(-c2ccc(-c3nc(-c4ccccc4)nc(-c4ccc([Si]5(c6ccc7c(c6)c6ccccc6n7-c6ccccc6-c6ccccc6)c6ccc(-c7ccccc7)cc6-c6cc(-c7ccccc7)ccc65)cc4)n3)cc2)cc1. The maximum atomic E-state index is 5.26. The number of nitrogens with zero attached hydrogens (tertiary/aromatic N) is 4. The van der Waals surface area contributed by atoms with Crippen molar-refractivity contribution in [2.75, 3.05) is 0 Å². The summed E-state index contributed by atoms with van der Waals surface area (Å²) in [7, 11) is -3.16. The van der Waals surface area contributed by atoms with Gasteiger partial charge in [0.15, 0.2) is 25.5 Å². The van der Waals surface area contributed by atoms with Gasteiger partial charge in [-0.15, -0.1) is 0 Å². The lowest BCUT2D eigenvalue weighted by Crippen LogP contribution is -2.72. The highest BCUT2D eigenvalue weighted by Crippen LogP contribution is 2.39. The van der Waals surface area contributed by atoms with Crippen molar-refractivity contribution in [2.24, 2.45) is 0 Å². The zero-order valence-electron chi connectivity index (χ0n) is 43.7. The highest BCUT2D eigenvalue weighted by molar-refractivity contribution is 7.22. The van der Waals surface area contributed by atoms with Gasteiger partial charge in [0, 0.05) is 33.0 Å². The Hall–Kier alpha value is -10.3. The lowest BCUT2D eigenvalue weighted by atomic mass is 9.96. The maximum Gasteiger partial charge on any atom is 0.180 e. The Bertz CT molecular complexity index is 4510. The number of hydrogen-bond donors (Lipinski definition) is 0. The average Bonchev–Trinajstić information content (AvgIpc) is 4.26. The molecule has 15 rings (SSSR count). The number of hydrogen-bond acceptors (Lipinski definition) is 3. The topological polar surface area (TPSA) is 43.6 Å². The van der Waals surface area contributed by atoms with Crippen LogP contribution < -0.4 is 20.7 Å². The monoisotopic (exact) mass is 1030 g/mol. The molecule has 0 unspecified atom stereocenters. The largest absolute Gasteiger partial charge is 0.309 e. The number of para-hydroxylation sites is 2. The van der Waals surface area contributed by atoms with E-state index in [4.69, 9.17) is 15.0 Å². The van der Waals surface area contributed by atoms with Crippen LogP contribution in [0.25, 0.3) is 117 Å². The van der Waals surface area contributed by atoms with Crippen LogP contribution in [0.3, 0.4) is 0 Å². The van der Waals surface area contributed by atoms with Crippen LogP contribution in [-0.2, 0) is 0 Å². The summed E-state index contributed by atoms with van der Waals surface area (Å²) in [5.74, 6) is 1.89. The fourth-order valence-electron chi connectivity index (χ4n) is 12.4. The summed E-state index contributed by atoms with van der Waals surface area (Å²) < 4.78 is 2.47. The van der Waals surface area contributed by atoms with Gasteiger partial charge in [-0.25, -0.2) is 15.0 Å². The molecule has 4 nitrogen and oxygen atoms in total. The molecule has 0 aliphatic carbocycles. The van der Waals surface area contributed by atoms with Crippen LogP contribution >= 0.6 is 0 Å². The smallest absolute Gasteiger partial charge is 0.180 e. The van der Waals surface area contributed by atoms with Crippen LogP contribution in [0, 0.1) is 0 Å². The lowest BCUT2D eigenvalue weighted by Gasteiger charge is -2.32. The fraction of sp³-hybridized carbons (Fsp3) is 0. The van der Waals surface area contributed by atoms with Gasteiger partial charge < -0.3 is 4.57 Å². The van der Waals surface area contributed by atoms with E-state index in [0.29, 0.717) is 17.5 Å². The highest BCUT2D eigenvalue weighted by atomic mass is 28.3. The number of aromatic nitrogens is 4. The van der Waals surface area contributed by atoms with E-state index in [9.17, 15) is 0 Å². The van der Waals surface area contributed by atoms with Crippen molar-refractivity contribution < 1.29 is 0 Å². The van der Waals surface area contributed by atoms with Gasteiger partial charge in [0.05, 0.1) is 16.7 Å². The minimum atomic E-state index is -3.16. The predicted octanol–water partition coefficient (Wildman–Crippen LogP) is 16.0. The molecule has 0 bridgehead atoms. The predicted molar refractivity (Wildman–Crippen MR) is 335 cm³/mol. The summed E-state index contributed by atoms with van der Waals surface area (Å²) in [5, 5.41) is 7.80. The first kappa shape index (κ1) is 46.9. The van der Waals surface area contributed by atoms with Gasteiger partial charge in [0.2, 0.25) is 0 Å². The zero-order valence-corrected chi connectivity index (χ0v) is 44.7. The normalized spacial score (nSPS) is 12.3. The Balaban J connectivity index is 0.954. The van der Waals surface area contributed by atoms with Crippen molar-refractivity contribution in [3.63, 3.8) is 0 Å². The molecule has 0 N–H and O–H groups in total. The molecule has 0 fully saturated rings. The van der Waals surface area contributed by atoms with Crippen LogP contribution in [0.2, 0.25) is 0 Å². The molecule has 374 valence electrons. The fourth-order valence-corrected chi connectivity index (χ4v) is 17.5. The summed E-state index contributed by atoms with van der Waals surface area (Å²) in [5.41, 5.74) is 18.3. The maximum absolute atomic E-state index is 5.26. The highest BCUT2D eigenvalue weighted by Gasteiger charge is 2.49. The number of rotatable bonds is 10. The van der Waals surface area contributed by atoms with Crippen molar-refractivity contribution in [1.82, 2.24) is 19.5 Å². The van der Waals surface area contributed by atoms with Gasteiger partial charge in [-0.05, 0) is 101 Å². The lowest BCUT2D eigenvalue weighted by molar-refractivity contribution is 1.07. The summed E-state index contributed by atoms with van der Waals surface area (Å²) >= 11 is 0. The molecule has 0 saturated heterocycles. The van der Waals surface area contributed by atoms with Crippen molar-refractivity contribution in [2.45, 2.75) is 0 Å². The second-order valence-electron chi connectivity index (χ2n) is 20.7. The van der Waals surface area contributed by atoms with E-state index >= 15 is 0 Å². The minimum Gasteiger partial charge on any atom is -0.309 e. The molecule has 12 aromatic carbocycles. The van der Waals surface area contributed by atoms with Crippen LogP contribution in [0.4, 0.5) is 0 Å². The molecule has 0 amide bonds. The Morgan fingerprint density at radius 1 is 0.237 bits per heavy atom. The molecule has 0 atom stereocenters. The molecule has 1 aliphatic heterocycles. The number of benzene rings is 12. The van der Waals surface area contributed by atoms with Crippen molar-refractivity contribution in [3.05, 3.63) is 303 Å². The van der Waals surface area contributed by atoms with E-state index in [0.717, 1.165) is 27.9 Å². The molecule has 3 heterocycles. The van der Waals surface area contributed by atoms with Crippen LogP contribution in [0.1, 0.15) is 0 Å². The van der Waals surface area contributed by atoms with Gasteiger partial charge in [-0.2, -0.15) is 0 Å². The van der Waals surface area contributed by atoms with Gasteiger partial charge in [-0.3, -0.25) is 0 Å². The van der Waals surface area contributed by atoms with Gasteiger partial charge >= 0.3 is 0 Å². The first-order valence-corrected chi connectivity index (χ1v) is 29.3. The minimum absolute atomic E-state index is 0.625. The van der Waals surface area contributed by atoms with E-state index in [2.05, 4.69) is 284 Å². The van der Waals surface area contributed by atoms with E-state index in [1.807, 2.05) is 24.3 Å². The Kier molecular flexibility index (Phi) is 11.5. The van der Waals surface area contributed by atoms with Crippen molar-refractivity contribution in [3.8, 4) is 95.5 Å². The van der Waals surface area contributed by atoms with Crippen molar-refractivity contribution >= 4 is 50.6 Å². The van der Waals surface area contributed by atoms with E-state index in [1.165, 1.54) is 92.6 Å². The standard InChI is InChI=1S/C75H50N4Si/c1-6-20-51(21-7-1)54-34-36-57(37-35-54)74-76-73(56-28-14-5-15-29-56)77-75(78-74)58-38-42-61(43-39-58)80(71-46-40-59(52-22-8-2-9-23-52)48-66(71)67-49-60(41-47-72(67)80)53-24-10-3-11-25-53)62-44-45-70-65(50-62)64-31-17-19-33-69(64)79(70)68-32-18-16-30-63(68)55-26-12-4-13-27-55/h1-50H. The molecule has 0 saturated carbocycles. The van der Waals surface area contributed by atoms with E-state index in [1.54, 1.807) is 0 Å². The summed E-state index contributed by atoms with van der Waals surface area (Å²) in [4.78, 5) is 15.6. The summed E-state index contributed by atoms with van der Waals surface area (Å²) in [6.45, 7) is 0. The molecule has 14 aromatic rings. The second-order valence-corrected chi connectivity index (χ2v) is 24.4. The Labute approximate surface area is 466 Å². The van der Waals surface area contributed by atoms with Gasteiger partial charge in [-0.1, -0.05) is 273 Å². The Morgan fingerprint density at radius 2 is 0.613 bits per heavy atom. The molecule has 0 radical (unpaired) electrons. The summed E-state index contributed by atoms with van der Waals surface area (Å²) in [6, 6.07) is 110. The first-order chi connectivity index (χ1) is 39.7. The van der Waals surface area contributed by atoms with Gasteiger partial charge in [0.25, 0.3) is 0 Å². The Morgan fingerprint density at radius 3 is 1.16 bits per heavy atom. The zero-order chi connectivity index (χ0) is 53.0. The molecular formula is C75H50N4Si. The molecule has 0 spiro atoms. The second kappa shape index (κ2) is 19.6. The van der Waals surface area contributed by atoms with Crippen molar-refractivity contribution in [1.29, 1.82) is 0 Å². The van der Waals surface area contributed by atoms with E-state index < -0.39 is 8.07 Å². The van der Waals surface area contributed by atoms with E-state index in [-0.39, 0.29) is 0 Å². The third-order valence-corrected chi connectivity index (χ3v) is 21.0. The molecular weight excluding hydrogens is 985 g/mol. The van der Waals surface area contributed by atoms with Crippen LogP contribution in [0.15, 0.2) is 303 Å². The third kappa shape index (κ3) is 7.94. The molecule has 5 heteroatoms. The molecule has 80 heavy (non-hydrogen) atoms. The molecule has 1 aliphatic rings. The van der Waals surface area contributed by atoms with Crippen LogP contribution in [0.5, 0.6) is 0 Å². The van der Waals surface area contributed by atoms with Gasteiger partial charge in [0.1, 0.15) is 0 Å². The summed E-state index contributed by atoms with van der Waals surface area (Å²) in [6.07, 6.45) is 0. The average molecular weight is 1040 g/mol.